The number of ether oxygens (including phenoxy) is 3. The number of hydrogen-bond acceptors (Lipinski definition) is 5. The maximum absolute atomic E-state index is 12.7. The van der Waals surface area contributed by atoms with Crippen molar-refractivity contribution >= 4 is 11.9 Å². The highest BCUT2D eigenvalue weighted by molar-refractivity contribution is 5.70. The van der Waals surface area contributed by atoms with Crippen molar-refractivity contribution in [2.24, 2.45) is 0 Å². The van der Waals surface area contributed by atoms with E-state index in [1.54, 1.807) is 0 Å². The van der Waals surface area contributed by atoms with E-state index in [1.165, 1.54) is 128 Å². The molecule has 0 amide bonds. The molecule has 0 aliphatic carbocycles. The number of hydrogen-bond donors (Lipinski definition) is 0. The molecule has 58 heavy (non-hydrogen) atoms. The van der Waals surface area contributed by atoms with E-state index >= 15 is 0 Å². The lowest BCUT2D eigenvalue weighted by molar-refractivity contribution is -0.163. The van der Waals surface area contributed by atoms with Crippen LogP contribution in [0.25, 0.3) is 0 Å². The molecule has 0 heterocycles. The van der Waals surface area contributed by atoms with Crippen molar-refractivity contribution in [3.8, 4) is 0 Å². The molecule has 0 bridgehead atoms. The van der Waals surface area contributed by atoms with Gasteiger partial charge in [0.15, 0.2) is 6.10 Å². The largest absolute Gasteiger partial charge is 0.462 e. The second-order valence-electron chi connectivity index (χ2n) is 16.3. The summed E-state index contributed by atoms with van der Waals surface area (Å²) >= 11 is 0. The summed E-state index contributed by atoms with van der Waals surface area (Å²) in [5.41, 5.74) is 0. The summed E-state index contributed by atoms with van der Waals surface area (Å²) < 4.78 is 17.3. The van der Waals surface area contributed by atoms with E-state index in [0.717, 1.165) is 77.0 Å². The van der Waals surface area contributed by atoms with Crippen LogP contribution in [0.4, 0.5) is 0 Å². The fraction of sp³-hybridized carbons (Fsp3) is 0.774. The molecule has 5 heteroatoms. The predicted molar refractivity (Wildman–Crippen MR) is 251 cm³/mol. The molecule has 0 spiro atoms. The number of rotatable bonds is 45. The number of esters is 2. The fourth-order valence-electron chi connectivity index (χ4n) is 6.85. The molecule has 0 fully saturated rings. The highest BCUT2D eigenvalue weighted by atomic mass is 16.6. The monoisotopic (exact) mass is 811 g/mol. The zero-order valence-electron chi connectivity index (χ0n) is 38.6. The quantitative estimate of drug-likeness (QED) is 0.0348. The molecule has 5 nitrogen and oxygen atoms in total. The minimum absolute atomic E-state index is 0.0747. The molecule has 0 radical (unpaired) electrons. The van der Waals surface area contributed by atoms with Crippen LogP contribution in [0.1, 0.15) is 239 Å². The average molecular weight is 811 g/mol. The second kappa shape index (κ2) is 49.0. The van der Waals surface area contributed by atoms with Crippen molar-refractivity contribution in [1.29, 1.82) is 0 Å². The third-order valence-electron chi connectivity index (χ3n) is 10.5. The van der Waals surface area contributed by atoms with Gasteiger partial charge in [0.05, 0.1) is 6.61 Å². The lowest BCUT2D eigenvalue weighted by Gasteiger charge is -2.18. The normalized spacial score (nSPS) is 12.7. The zero-order chi connectivity index (χ0) is 42.1. The molecule has 0 N–H and O–H groups in total. The summed E-state index contributed by atoms with van der Waals surface area (Å²) in [5, 5.41) is 0. The van der Waals surface area contributed by atoms with Crippen LogP contribution in [-0.2, 0) is 23.8 Å². The van der Waals surface area contributed by atoms with E-state index in [4.69, 9.17) is 14.2 Å². The van der Waals surface area contributed by atoms with Crippen LogP contribution in [0, 0.1) is 0 Å². The van der Waals surface area contributed by atoms with Gasteiger partial charge in [-0.2, -0.15) is 0 Å². The molecular formula is C53H94O5. The van der Waals surface area contributed by atoms with E-state index in [9.17, 15) is 9.59 Å². The molecule has 0 aromatic carbocycles. The Morgan fingerprint density at radius 3 is 1.28 bits per heavy atom. The Balaban J connectivity index is 4.22. The summed E-state index contributed by atoms with van der Waals surface area (Å²) in [6.45, 7) is 7.66. The van der Waals surface area contributed by atoms with Gasteiger partial charge in [-0.3, -0.25) is 9.59 Å². The lowest BCUT2D eigenvalue weighted by Crippen LogP contribution is -2.30. The van der Waals surface area contributed by atoms with Crippen molar-refractivity contribution in [3.63, 3.8) is 0 Å². The standard InChI is InChI=1S/C53H94O5/c1-4-7-10-13-16-19-21-23-25-26-27-29-31-33-36-39-42-45-48-56-49-51(58-53(55)47-44-41-38-34-18-15-12-9-6-3)50-57-52(54)46-43-40-37-35-32-30-28-24-22-20-17-14-11-8-5-2/h8,11,16-17,19-20,23-25,28,51H,4-7,9-10,12-15,18,21-22,26-27,29-50H2,1-3H3/b11-8-,19-16-,20-17-,25-23-,28-24-. The van der Waals surface area contributed by atoms with Crippen LogP contribution in [0.2, 0.25) is 0 Å². The van der Waals surface area contributed by atoms with Gasteiger partial charge in [0.25, 0.3) is 0 Å². The second-order valence-corrected chi connectivity index (χ2v) is 16.3. The van der Waals surface area contributed by atoms with Crippen LogP contribution in [0.5, 0.6) is 0 Å². The van der Waals surface area contributed by atoms with Crippen molar-refractivity contribution in [1.82, 2.24) is 0 Å². The minimum atomic E-state index is -0.543. The van der Waals surface area contributed by atoms with E-state index in [2.05, 4.69) is 81.5 Å². The molecule has 0 aromatic heterocycles. The van der Waals surface area contributed by atoms with Gasteiger partial charge in [0, 0.05) is 19.4 Å². The first-order valence-electron chi connectivity index (χ1n) is 24.8. The Labute approximate surface area is 360 Å². The summed E-state index contributed by atoms with van der Waals surface area (Å²) in [5.74, 6) is -0.418. The third-order valence-corrected chi connectivity index (χ3v) is 10.5. The Morgan fingerprint density at radius 1 is 0.397 bits per heavy atom. The van der Waals surface area contributed by atoms with Crippen molar-refractivity contribution in [2.45, 2.75) is 245 Å². The molecule has 0 rings (SSSR count). The number of carbonyl (C=O) groups excluding carboxylic acids is 2. The van der Waals surface area contributed by atoms with Gasteiger partial charge in [0.2, 0.25) is 0 Å². The van der Waals surface area contributed by atoms with Crippen molar-refractivity contribution in [3.05, 3.63) is 60.8 Å². The third kappa shape index (κ3) is 46.3. The molecule has 0 saturated carbocycles. The van der Waals surface area contributed by atoms with Crippen LogP contribution >= 0.6 is 0 Å². The van der Waals surface area contributed by atoms with Gasteiger partial charge < -0.3 is 14.2 Å². The van der Waals surface area contributed by atoms with Crippen LogP contribution < -0.4 is 0 Å². The maximum atomic E-state index is 12.7. The molecule has 1 atom stereocenters. The van der Waals surface area contributed by atoms with Gasteiger partial charge in [-0.1, -0.05) is 204 Å². The summed E-state index contributed by atoms with van der Waals surface area (Å²) in [4.78, 5) is 25.3. The summed E-state index contributed by atoms with van der Waals surface area (Å²) in [7, 11) is 0. The number of unbranched alkanes of at least 4 members (excludes halogenated alkanes) is 24. The van der Waals surface area contributed by atoms with E-state index in [0.29, 0.717) is 19.4 Å². The Hall–Kier alpha value is -2.40. The van der Waals surface area contributed by atoms with Gasteiger partial charge in [-0.05, 0) is 83.5 Å². The van der Waals surface area contributed by atoms with Crippen molar-refractivity contribution in [2.75, 3.05) is 19.8 Å². The molecule has 0 saturated heterocycles. The van der Waals surface area contributed by atoms with Crippen LogP contribution in [-0.4, -0.2) is 37.9 Å². The molecule has 0 aromatic rings. The average Bonchev–Trinajstić information content (AvgIpc) is 3.22. The number of allylic oxidation sites excluding steroid dienone is 10. The molecule has 1 unspecified atom stereocenters. The van der Waals surface area contributed by atoms with Gasteiger partial charge >= 0.3 is 11.9 Å². The smallest absolute Gasteiger partial charge is 0.306 e. The molecule has 336 valence electrons. The van der Waals surface area contributed by atoms with Crippen LogP contribution in [0.15, 0.2) is 60.8 Å². The molecule has 0 aliphatic rings. The Bertz CT molecular complexity index is 1010. The topological polar surface area (TPSA) is 61.8 Å². The van der Waals surface area contributed by atoms with Crippen LogP contribution in [0.3, 0.4) is 0 Å². The summed E-state index contributed by atoms with van der Waals surface area (Å²) in [6, 6.07) is 0. The number of carbonyl (C=O) groups is 2. The Morgan fingerprint density at radius 2 is 0.776 bits per heavy atom. The predicted octanol–water partition coefficient (Wildman–Crippen LogP) is 16.6. The highest BCUT2D eigenvalue weighted by Crippen LogP contribution is 2.14. The highest BCUT2D eigenvalue weighted by Gasteiger charge is 2.17. The minimum Gasteiger partial charge on any atom is -0.462 e. The lowest BCUT2D eigenvalue weighted by atomic mass is 10.1. The zero-order valence-corrected chi connectivity index (χ0v) is 38.6. The maximum Gasteiger partial charge on any atom is 0.306 e. The SMILES string of the molecule is CC/C=C\C/C=C\C/C=C\CCCCCCCC(=O)OCC(COCCCCCCCCCC/C=C\C/C=C\CCCCC)OC(=O)CCCCCCCCCCC. The van der Waals surface area contributed by atoms with E-state index in [1.807, 2.05) is 0 Å². The van der Waals surface area contributed by atoms with Gasteiger partial charge in [0.1, 0.15) is 6.61 Å². The van der Waals surface area contributed by atoms with Crippen molar-refractivity contribution < 1.29 is 23.8 Å². The fourth-order valence-corrected chi connectivity index (χ4v) is 6.85. The van der Waals surface area contributed by atoms with Gasteiger partial charge in [-0.25, -0.2) is 0 Å². The first kappa shape index (κ1) is 55.6. The van der Waals surface area contributed by atoms with Gasteiger partial charge in [-0.15, -0.1) is 0 Å². The first-order valence-corrected chi connectivity index (χ1v) is 24.8. The molecular weight excluding hydrogens is 717 g/mol. The summed E-state index contributed by atoms with van der Waals surface area (Å²) in [6.07, 6.45) is 60.8. The van der Waals surface area contributed by atoms with E-state index in [-0.39, 0.29) is 25.2 Å². The first-order chi connectivity index (χ1) is 28.6. The van der Waals surface area contributed by atoms with E-state index < -0.39 is 6.10 Å². The molecule has 0 aliphatic heterocycles. The Kier molecular flexibility index (Phi) is 46.9.